The third-order valence-corrected chi connectivity index (χ3v) is 3.63. The van der Waals surface area contributed by atoms with Crippen molar-refractivity contribution in [2.24, 2.45) is 0 Å². The van der Waals surface area contributed by atoms with Crippen LogP contribution in [-0.2, 0) is 9.53 Å². The fraction of sp³-hybridized carbons (Fsp3) is 0.176. The van der Waals surface area contributed by atoms with Crippen molar-refractivity contribution in [1.29, 1.82) is 0 Å². The van der Waals surface area contributed by atoms with E-state index in [1.807, 2.05) is 0 Å². The maximum Gasteiger partial charge on any atom is 0.586 e. The molecule has 0 saturated heterocycles. The van der Waals surface area contributed by atoms with Crippen molar-refractivity contribution in [1.82, 2.24) is 0 Å². The van der Waals surface area contributed by atoms with Crippen LogP contribution in [0.15, 0.2) is 36.4 Å². The van der Waals surface area contributed by atoms with Gasteiger partial charge >= 0.3 is 12.3 Å². The number of nitro groups is 1. The summed E-state index contributed by atoms with van der Waals surface area (Å²) in [6, 6.07) is 6.89. The summed E-state index contributed by atoms with van der Waals surface area (Å²) >= 11 is 0. The van der Waals surface area contributed by atoms with Gasteiger partial charge in [-0.15, -0.1) is 8.78 Å². The number of rotatable bonds is 6. The lowest BCUT2D eigenvalue weighted by Crippen LogP contribution is -2.25. The maximum absolute atomic E-state index is 13.0. The molecule has 0 aromatic heterocycles. The van der Waals surface area contributed by atoms with Gasteiger partial charge in [-0.25, -0.2) is 4.79 Å². The van der Waals surface area contributed by atoms with E-state index in [-0.39, 0.29) is 34.2 Å². The number of hydrogen-bond acceptors (Lipinski definition) is 8. The van der Waals surface area contributed by atoms with Crippen molar-refractivity contribution in [3.63, 3.8) is 0 Å². The molecule has 0 unspecified atom stereocenters. The molecular weight excluding hydrogens is 398 g/mol. The second-order valence-corrected chi connectivity index (χ2v) is 5.60. The van der Waals surface area contributed by atoms with Gasteiger partial charge in [0.1, 0.15) is 11.3 Å². The van der Waals surface area contributed by atoms with Gasteiger partial charge in [0, 0.05) is 23.9 Å². The Morgan fingerprint density at radius 3 is 2.59 bits per heavy atom. The number of methoxy groups -OCH3 is 1. The Labute approximate surface area is 161 Å². The lowest BCUT2D eigenvalue weighted by molar-refractivity contribution is -0.384. The van der Waals surface area contributed by atoms with E-state index in [1.165, 1.54) is 25.3 Å². The van der Waals surface area contributed by atoms with E-state index in [9.17, 15) is 28.5 Å². The first kappa shape index (κ1) is 19.8. The Bertz CT molecular complexity index is 995. The van der Waals surface area contributed by atoms with Gasteiger partial charge in [-0.1, -0.05) is 0 Å². The minimum atomic E-state index is -3.79. The third-order valence-electron chi connectivity index (χ3n) is 3.63. The van der Waals surface area contributed by atoms with Crippen molar-refractivity contribution in [2.75, 3.05) is 19.0 Å². The van der Waals surface area contributed by atoms with Crippen LogP contribution in [0.25, 0.3) is 0 Å². The number of alkyl halides is 2. The Morgan fingerprint density at radius 2 is 1.90 bits per heavy atom. The van der Waals surface area contributed by atoms with Crippen molar-refractivity contribution in [2.45, 2.75) is 6.29 Å². The van der Waals surface area contributed by atoms with Crippen molar-refractivity contribution >= 4 is 23.3 Å². The fourth-order valence-electron chi connectivity index (χ4n) is 2.40. The summed E-state index contributed by atoms with van der Waals surface area (Å²) in [4.78, 5) is 34.3. The van der Waals surface area contributed by atoms with Gasteiger partial charge in [0.25, 0.3) is 11.6 Å². The molecule has 1 aliphatic heterocycles. The smallest absolute Gasteiger partial charge is 0.496 e. The van der Waals surface area contributed by atoms with Crippen LogP contribution in [0.1, 0.15) is 10.4 Å². The Morgan fingerprint density at radius 1 is 1.17 bits per heavy atom. The molecule has 3 rings (SSSR count). The summed E-state index contributed by atoms with van der Waals surface area (Å²) in [5.74, 6) is -2.25. The summed E-state index contributed by atoms with van der Waals surface area (Å²) < 4.78 is 44.3. The second-order valence-electron chi connectivity index (χ2n) is 5.60. The molecule has 0 atom stereocenters. The zero-order valence-electron chi connectivity index (χ0n) is 14.6. The van der Waals surface area contributed by atoms with E-state index in [0.29, 0.717) is 0 Å². The first-order valence-electron chi connectivity index (χ1n) is 7.88. The number of nitro benzene ring substituents is 1. The minimum Gasteiger partial charge on any atom is -0.496 e. The molecule has 29 heavy (non-hydrogen) atoms. The molecule has 1 aliphatic rings. The summed E-state index contributed by atoms with van der Waals surface area (Å²) in [6.45, 7) is -0.741. The van der Waals surface area contributed by atoms with E-state index < -0.39 is 29.7 Å². The van der Waals surface area contributed by atoms with E-state index in [0.717, 1.165) is 18.2 Å². The first-order valence-corrected chi connectivity index (χ1v) is 7.88. The van der Waals surface area contributed by atoms with Crippen LogP contribution in [0.3, 0.4) is 0 Å². The standard InChI is InChI=1S/C17H12F2N2O8/c1-26-12-5-3-10(21(24)25)7-11(12)16(23)27-8-15(22)20-9-2-4-13-14(6-9)29-17(18,19)28-13/h2-7H,8H2,1H3,(H,20,22). The highest BCUT2D eigenvalue weighted by atomic mass is 19.3. The van der Waals surface area contributed by atoms with E-state index in [2.05, 4.69) is 14.8 Å². The zero-order valence-corrected chi connectivity index (χ0v) is 14.6. The Hall–Kier alpha value is -3.96. The number of non-ortho nitro benzene ring substituents is 1. The van der Waals surface area contributed by atoms with Crippen LogP contribution < -0.4 is 19.5 Å². The predicted octanol–water partition coefficient (Wildman–Crippen LogP) is 2.72. The van der Waals surface area contributed by atoms with Crippen molar-refractivity contribution in [3.8, 4) is 17.2 Å². The monoisotopic (exact) mass is 410 g/mol. The molecule has 0 fully saturated rings. The van der Waals surface area contributed by atoms with Gasteiger partial charge in [-0.2, -0.15) is 0 Å². The van der Waals surface area contributed by atoms with Gasteiger partial charge in [-0.05, 0) is 18.2 Å². The van der Waals surface area contributed by atoms with Gasteiger partial charge in [0.2, 0.25) is 0 Å². The molecule has 2 aromatic rings. The van der Waals surface area contributed by atoms with Crippen LogP contribution in [0.5, 0.6) is 17.2 Å². The van der Waals surface area contributed by atoms with E-state index in [4.69, 9.17) is 9.47 Å². The van der Waals surface area contributed by atoms with Crippen LogP contribution in [0.2, 0.25) is 0 Å². The number of carbonyl (C=O) groups is 2. The molecule has 2 aromatic carbocycles. The molecular formula is C17H12F2N2O8. The molecule has 10 nitrogen and oxygen atoms in total. The molecule has 0 radical (unpaired) electrons. The molecule has 1 N–H and O–H groups in total. The van der Waals surface area contributed by atoms with Gasteiger partial charge < -0.3 is 24.3 Å². The summed E-state index contributed by atoms with van der Waals surface area (Å²) in [7, 11) is 1.26. The highest BCUT2D eigenvalue weighted by Gasteiger charge is 2.43. The zero-order chi connectivity index (χ0) is 21.2. The summed E-state index contributed by atoms with van der Waals surface area (Å²) in [5, 5.41) is 13.2. The highest BCUT2D eigenvalue weighted by molar-refractivity contribution is 5.97. The summed E-state index contributed by atoms with van der Waals surface area (Å²) in [6.07, 6.45) is -3.79. The predicted molar refractivity (Wildman–Crippen MR) is 91.2 cm³/mol. The minimum absolute atomic E-state index is 0.0257. The van der Waals surface area contributed by atoms with Gasteiger partial charge in [0.15, 0.2) is 18.1 Å². The Kier molecular flexibility index (Phi) is 5.17. The average Bonchev–Trinajstić information content (AvgIpc) is 2.98. The number of nitrogens with one attached hydrogen (secondary N) is 1. The van der Waals surface area contributed by atoms with Crippen molar-refractivity contribution < 1.29 is 42.2 Å². The number of nitrogens with zero attached hydrogens (tertiary/aromatic N) is 1. The molecule has 1 heterocycles. The highest BCUT2D eigenvalue weighted by Crippen LogP contribution is 2.42. The average molecular weight is 410 g/mol. The number of ether oxygens (including phenoxy) is 4. The number of carbonyl (C=O) groups excluding carboxylic acids is 2. The number of hydrogen-bond donors (Lipinski definition) is 1. The maximum atomic E-state index is 13.0. The lowest BCUT2D eigenvalue weighted by atomic mass is 10.2. The fourth-order valence-corrected chi connectivity index (χ4v) is 2.40. The largest absolute Gasteiger partial charge is 0.586 e. The van der Waals surface area contributed by atoms with E-state index in [1.54, 1.807) is 0 Å². The SMILES string of the molecule is COc1ccc([N+](=O)[O-])cc1C(=O)OCC(=O)Nc1ccc2c(c1)OC(F)(F)O2. The quantitative estimate of drug-likeness (QED) is 0.438. The van der Waals surface area contributed by atoms with Crippen molar-refractivity contribution in [3.05, 3.63) is 52.1 Å². The molecule has 152 valence electrons. The number of benzene rings is 2. The normalized spacial score (nSPS) is 13.5. The van der Waals surface area contributed by atoms with E-state index >= 15 is 0 Å². The third kappa shape index (κ3) is 4.48. The number of fused-ring (bicyclic) bond motifs is 1. The number of anilines is 1. The number of esters is 1. The lowest BCUT2D eigenvalue weighted by Gasteiger charge is -2.09. The second kappa shape index (κ2) is 7.58. The van der Waals surface area contributed by atoms with Gasteiger partial charge in [-0.3, -0.25) is 14.9 Å². The van der Waals surface area contributed by atoms with Crippen LogP contribution in [0, 0.1) is 10.1 Å². The van der Waals surface area contributed by atoms with Crippen LogP contribution in [0.4, 0.5) is 20.2 Å². The molecule has 12 heteroatoms. The molecule has 0 saturated carbocycles. The van der Waals surface area contributed by atoms with Crippen LogP contribution in [-0.4, -0.2) is 36.8 Å². The molecule has 0 bridgehead atoms. The first-order chi connectivity index (χ1) is 13.7. The number of amides is 1. The molecule has 1 amide bonds. The summed E-state index contributed by atoms with van der Waals surface area (Å²) in [5.41, 5.74) is -0.502. The topological polar surface area (TPSA) is 126 Å². The Balaban J connectivity index is 1.62. The molecule has 0 aliphatic carbocycles. The van der Waals surface area contributed by atoms with Gasteiger partial charge in [0.05, 0.1) is 12.0 Å². The molecule has 0 spiro atoms. The number of halogens is 2. The van der Waals surface area contributed by atoms with Crippen LogP contribution >= 0.6 is 0 Å².